The van der Waals surface area contributed by atoms with E-state index in [1.54, 1.807) is 0 Å². The van der Waals surface area contributed by atoms with Crippen molar-refractivity contribution in [2.24, 2.45) is 11.7 Å². The van der Waals surface area contributed by atoms with Gasteiger partial charge in [0.2, 0.25) is 0 Å². The van der Waals surface area contributed by atoms with Gasteiger partial charge < -0.3 is 15.2 Å². The van der Waals surface area contributed by atoms with E-state index < -0.39 is 0 Å². The average molecular weight is 251 g/mol. The summed E-state index contributed by atoms with van der Waals surface area (Å²) in [6, 6.07) is 7.86. The molecule has 0 aliphatic heterocycles. The fourth-order valence-corrected chi connectivity index (χ4v) is 2.05. The van der Waals surface area contributed by atoms with Gasteiger partial charge in [-0.05, 0) is 37.5 Å². The van der Waals surface area contributed by atoms with Gasteiger partial charge in [0.05, 0.1) is 18.8 Å². The van der Waals surface area contributed by atoms with Crippen molar-refractivity contribution < 1.29 is 9.47 Å². The molecule has 1 aromatic carbocycles. The van der Waals surface area contributed by atoms with Crippen LogP contribution in [0.1, 0.15) is 39.3 Å². The van der Waals surface area contributed by atoms with E-state index in [-0.39, 0.29) is 12.1 Å². The van der Waals surface area contributed by atoms with E-state index in [0.29, 0.717) is 19.1 Å². The van der Waals surface area contributed by atoms with Gasteiger partial charge in [0, 0.05) is 6.61 Å². The molecule has 1 aromatic rings. The summed E-state index contributed by atoms with van der Waals surface area (Å²) >= 11 is 0. The fraction of sp³-hybridized carbons (Fsp3) is 0.600. The molecule has 18 heavy (non-hydrogen) atoms. The molecule has 0 bridgehead atoms. The van der Waals surface area contributed by atoms with Gasteiger partial charge in [-0.1, -0.05) is 26.0 Å². The number of ether oxygens (including phenoxy) is 2. The van der Waals surface area contributed by atoms with Crippen LogP contribution in [0.4, 0.5) is 0 Å². The van der Waals surface area contributed by atoms with Gasteiger partial charge in [-0.2, -0.15) is 0 Å². The number of rotatable bonds is 7. The molecule has 0 radical (unpaired) electrons. The summed E-state index contributed by atoms with van der Waals surface area (Å²) in [5, 5.41) is 0. The van der Waals surface area contributed by atoms with E-state index in [0.717, 1.165) is 11.3 Å². The Bertz CT molecular complexity index is 335. The first-order valence-corrected chi connectivity index (χ1v) is 6.70. The zero-order valence-electron chi connectivity index (χ0n) is 11.8. The van der Waals surface area contributed by atoms with Crippen LogP contribution >= 0.6 is 0 Å². The first-order valence-electron chi connectivity index (χ1n) is 6.70. The van der Waals surface area contributed by atoms with Crippen molar-refractivity contribution in [3.05, 3.63) is 29.8 Å². The Balaban J connectivity index is 2.77. The van der Waals surface area contributed by atoms with E-state index in [1.807, 2.05) is 38.1 Å². The molecule has 102 valence electrons. The highest BCUT2D eigenvalue weighted by Gasteiger charge is 2.23. The molecule has 3 nitrogen and oxygen atoms in total. The number of hydrogen-bond donors (Lipinski definition) is 1. The van der Waals surface area contributed by atoms with E-state index in [1.165, 1.54) is 0 Å². The van der Waals surface area contributed by atoms with Crippen LogP contribution in [0, 0.1) is 5.92 Å². The lowest BCUT2D eigenvalue weighted by molar-refractivity contribution is 0.0121. The molecule has 0 heterocycles. The highest BCUT2D eigenvalue weighted by molar-refractivity contribution is 5.29. The van der Waals surface area contributed by atoms with Crippen LogP contribution in [0.2, 0.25) is 0 Å². The quantitative estimate of drug-likeness (QED) is 0.809. The van der Waals surface area contributed by atoms with Crippen molar-refractivity contribution in [2.75, 3.05) is 13.2 Å². The second-order valence-electron chi connectivity index (χ2n) is 4.69. The Hall–Kier alpha value is -1.06. The Morgan fingerprint density at radius 1 is 1.06 bits per heavy atom. The van der Waals surface area contributed by atoms with Crippen LogP contribution in [0.15, 0.2) is 24.3 Å². The number of benzene rings is 1. The highest BCUT2D eigenvalue weighted by atomic mass is 16.5. The molecule has 0 aromatic heterocycles. The maximum absolute atomic E-state index is 6.28. The average Bonchev–Trinajstić information content (AvgIpc) is 2.36. The van der Waals surface area contributed by atoms with E-state index in [2.05, 4.69) is 13.8 Å². The van der Waals surface area contributed by atoms with E-state index in [9.17, 15) is 0 Å². The van der Waals surface area contributed by atoms with Crippen LogP contribution in [0.5, 0.6) is 5.75 Å². The second-order valence-corrected chi connectivity index (χ2v) is 4.69. The largest absolute Gasteiger partial charge is 0.494 e. The lowest BCUT2D eigenvalue weighted by Gasteiger charge is -2.27. The van der Waals surface area contributed by atoms with Crippen molar-refractivity contribution in [3.8, 4) is 5.75 Å². The summed E-state index contributed by atoms with van der Waals surface area (Å²) in [5.74, 6) is 1.28. The topological polar surface area (TPSA) is 44.5 Å². The Morgan fingerprint density at radius 2 is 1.67 bits per heavy atom. The molecule has 3 heteroatoms. The summed E-state index contributed by atoms with van der Waals surface area (Å²) in [5.41, 5.74) is 7.37. The minimum atomic E-state index is -0.0966. The van der Waals surface area contributed by atoms with Crippen molar-refractivity contribution >= 4 is 0 Å². The van der Waals surface area contributed by atoms with Gasteiger partial charge in [0.25, 0.3) is 0 Å². The molecule has 0 fully saturated rings. The zero-order valence-corrected chi connectivity index (χ0v) is 11.8. The fourth-order valence-electron chi connectivity index (χ4n) is 2.05. The third kappa shape index (κ3) is 4.00. The molecule has 2 N–H and O–H groups in total. The summed E-state index contributed by atoms with van der Waals surface area (Å²) < 4.78 is 11.2. The summed E-state index contributed by atoms with van der Waals surface area (Å²) in [4.78, 5) is 0. The predicted molar refractivity (Wildman–Crippen MR) is 74.8 cm³/mol. The van der Waals surface area contributed by atoms with E-state index >= 15 is 0 Å². The van der Waals surface area contributed by atoms with Crippen LogP contribution in [0.3, 0.4) is 0 Å². The first kappa shape index (κ1) is 15.0. The highest BCUT2D eigenvalue weighted by Crippen LogP contribution is 2.24. The maximum atomic E-state index is 6.28. The zero-order chi connectivity index (χ0) is 13.5. The van der Waals surface area contributed by atoms with E-state index in [4.69, 9.17) is 15.2 Å². The van der Waals surface area contributed by atoms with Crippen molar-refractivity contribution in [1.82, 2.24) is 0 Å². The van der Waals surface area contributed by atoms with Crippen molar-refractivity contribution in [3.63, 3.8) is 0 Å². The molecule has 2 atom stereocenters. The minimum absolute atomic E-state index is 0.0490. The van der Waals surface area contributed by atoms with Gasteiger partial charge in [-0.15, -0.1) is 0 Å². The Morgan fingerprint density at radius 3 is 2.11 bits per heavy atom. The van der Waals surface area contributed by atoms with Crippen LogP contribution < -0.4 is 10.5 Å². The molecule has 0 aliphatic rings. The van der Waals surface area contributed by atoms with Crippen LogP contribution in [0.25, 0.3) is 0 Å². The lowest BCUT2D eigenvalue weighted by atomic mass is 9.94. The molecular formula is C15H25NO2. The number of hydrogen-bond acceptors (Lipinski definition) is 3. The van der Waals surface area contributed by atoms with Crippen molar-refractivity contribution in [1.29, 1.82) is 0 Å². The first-order chi connectivity index (χ1) is 8.60. The SMILES string of the molecule is CCOc1ccc(C(N)C(OCC)C(C)C)cc1. The molecule has 2 unspecified atom stereocenters. The lowest BCUT2D eigenvalue weighted by Crippen LogP contribution is -2.33. The Kier molecular flexibility index (Phi) is 6.16. The normalized spacial score (nSPS) is 14.6. The minimum Gasteiger partial charge on any atom is -0.494 e. The summed E-state index contributed by atoms with van der Waals surface area (Å²) in [6.45, 7) is 9.61. The molecule has 0 saturated carbocycles. The van der Waals surface area contributed by atoms with Gasteiger partial charge >= 0.3 is 0 Å². The third-order valence-corrected chi connectivity index (χ3v) is 2.95. The monoisotopic (exact) mass is 251 g/mol. The van der Waals surface area contributed by atoms with Crippen LogP contribution in [-0.2, 0) is 4.74 Å². The second kappa shape index (κ2) is 7.39. The maximum Gasteiger partial charge on any atom is 0.119 e. The smallest absolute Gasteiger partial charge is 0.119 e. The standard InChI is InChI=1S/C15H25NO2/c1-5-17-13-9-7-12(8-10-13)14(16)15(11(3)4)18-6-2/h7-11,14-15H,5-6,16H2,1-4H3. The number of nitrogens with two attached hydrogens (primary N) is 1. The summed E-state index contributed by atoms with van der Waals surface area (Å²) in [7, 11) is 0. The van der Waals surface area contributed by atoms with Gasteiger partial charge in [-0.3, -0.25) is 0 Å². The molecule has 1 rings (SSSR count). The molecular weight excluding hydrogens is 226 g/mol. The van der Waals surface area contributed by atoms with Crippen LogP contribution in [-0.4, -0.2) is 19.3 Å². The van der Waals surface area contributed by atoms with Gasteiger partial charge in [0.15, 0.2) is 0 Å². The van der Waals surface area contributed by atoms with Crippen molar-refractivity contribution in [2.45, 2.75) is 39.8 Å². The van der Waals surface area contributed by atoms with Gasteiger partial charge in [0.1, 0.15) is 5.75 Å². The molecule has 0 saturated heterocycles. The molecule has 0 aliphatic carbocycles. The third-order valence-electron chi connectivity index (χ3n) is 2.95. The molecule has 0 amide bonds. The van der Waals surface area contributed by atoms with Gasteiger partial charge in [-0.25, -0.2) is 0 Å². The molecule has 0 spiro atoms. The predicted octanol–water partition coefficient (Wildman–Crippen LogP) is 3.15. The Labute approximate surface area is 110 Å². The summed E-state index contributed by atoms with van der Waals surface area (Å²) in [6.07, 6.45) is 0.0490.